The third-order valence-corrected chi connectivity index (χ3v) is 5.87. The molecule has 0 aliphatic carbocycles. The molecule has 5 heterocycles. The van der Waals surface area contributed by atoms with Crippen LogP contribution in [0.2, 0.25) is 0 Å². The first-order valence-corrected chi connectivity index (χ1v) is 11.1. The van der Waals surface area contributed by atoms with Gasteiger partial charge in [0.2, 0.25) is 5.91 Å². The van der Waals surface area contributed by atoms with Crippen LogP contribution < -0.4 is 15.5 Å². The molecule has 8 heteroatoms. The van der Waals surface area contributed by atoms with E-state index in [9.17, 15) is 4.79 Å². The molecule has 0 spiro atoms. The molecule has 5 rings (SSSR count). The van der Waals surface area contributed by atoms with Gasteiger partial charge in [0.15, 0.2) is 11.5 Å². The number of fused-ring (bicyclic) bond motifs is 1. The van der Waals surface area contributed by atoms with Crippen LogP contribution in [0.25, 0.3) is 17.0 Å². The Hall–Kier alpha value is -3.00. The summed E-state index contributed by atoms with van der Waals surface area (Å²) in [7, 11) is 0. The number of aromatic nitrogens is 4. The lowest BCUT2D eigenvalue weighted by Gasteiger charge is -2.19. The maximum atomic E-state index is 12.7. The van der Waals surface area contributed by atoms with Gasteiger partial charge in [-0.15, -0.1) is 0 Å². The zero-order valence-corrected chi connectivity index (χ0v) is 18.7. The van der Waals surface area contributed by atoms with Gasteiger partial charge in [-0.05, 0) is 31.5 Å². The summed E-state index contributed by atoms with van der Waals surface area (Å²) in [5.41, 5.74) is 2.10. The van der Waals surface area contributed by atoms with E-state index in [0.29, 0.717) is 18.4 Å². The minimum absolute atomic E-state index is 0.112. The highest BCUT2D eigenvalue weighted by Crippen LogP contribution is 2.33. The van der Waals surface area contributed by atoms with E-state index < -0.39 is 0 Å². The Bertz CT molecular complexity index is 1070. The first-order chi connectivity index (χ1) is 15.0. The van der Waals surface area contributed by atoms with Crippen molar-refractivity contribution >= 4 is 23.2 Å². The van der Waals surface area contributed by atoms with E-state index in [1.54, 1.807) is 17.3 Å². The van der Waals surface area contributed by atoms with Crippen molar-refractivity contribution in [3.8, 4) is 11.4 Å². The smallest absolute Gasteiger partial charge is 0.233 e. The molecule has 0 radical (unpaired) electrons. The number of carbonyl (C=O) groups excluding carboxylic acids is 1. The predicted molar refractivity (Wildman–Crippen MR) is 123 cm³/mol. The molecule has 2 N–H and O–H groups in total. The molecule has 8 nitrogen and oxygen atoms in total. The zero-order valence-electron chi connectivity index (χ0n) is 18.7. The van der Waals surface area contributed by atoms with Gasteiger partial charge >= 0.3 is 0 Å². The van der Waals surface area contributed by atoms with Gasteiger partial charge in [0.1, 0.15) is 5.82 Å². The van der Waals surface area contributed by atoms with E-state index in [0.717, 1.165) is 48.8 Å². The number of nitrogens with zero attached hydrogens (tertiary/aromatic N) is 5. The van der Waals surface area contributed by atoms with Crippen molar-refractivity contribution in [3.63, 3.8) is 0 Å². The van der Waals surface area contributed by atoms with Crippen LogP contribution in [0, 0.1) is 5.41 Å². The molecular formula is C23H31N7O. The van der Waals surface area contributed by atoms with Crippen molar-refractivity contribution < 1.29 is 4.79 Å². The number of pyridine rings is 1. The number of nitrogens with one attached hydrogen (secondary N) is 2. The first-order valence-electron chi connectivity index (χ1n) is 11.1. The van der Waals surface area contributed by atoms with Gasteiger partial charge in [-0.3, -0.25) is 14.1 Å². The van der Waals surface area contributed by atoms with Crippen molar-refractivity contribution in [1.29, 1.82) is 0 Å². The van der Waals surface area contributed by atoms with Crippen LogP contribution in [0.5, 0.6) is 0 Å². The Morgan fingerprint density at radius 1 is 1.19 bits per heavy atom. The summed E-state index contributed by atoms with van der Waals surface area (Å²) in [5.74, 6) is 1.62. The predicted octanol–water partition coefficient (Wildman–Crippen LogP) is 3.35. The summed E-state index contributed by atoms with van der Waals surface area (Å²) in [6.07, 6.45) is 7.33. The monoisotopic (exact) mass is 421 g/mol. The lowest BCUT2D eigenvalue weighted by atomic mass is 9.92. The molecule has 2 saturated heterocycles. The van der Waals surface area contributed by atoms with Crippen LogP contribution >= 0.6 is 0 Å². The second-order valence-electron chi connectivity index (χ2n) is 8.45. The fourth-order valence-corrected chi connectivity index (χ4v) is 4.04. The van der Waals surface area contributed by atoms with Gasteiger partial charge in [-0.1, -0.05) is 33.8 Å². The number of hydrogen-bond donors (Lipinski definition) is 2. The van der Waals surface area contributed by atoms with E-state index in [4.69, 9.17) is 4.98 Å². The number of rotatable bonds is 4. The molecule has 1 atom stereocenters. The van der Waals surface area contributed by atoms with Crippen LogP contribution in [0.1, 0.15) is 40.5 Å². The first kappa shape index (κ1) is 21.2. The van der Waals surface area contributed by atoms with Gasteiger partial charge < -0.3 is 10.6 Å². The molecule has 0 bridgehead atoms. The molecule has 3 aromatic rings. The average Bonchev–Trinajstić information content (AvgIpc) is 3.50. The molecule has 2 aliphatic heterocycles. The third kappa shape index (κ3) is 4.12. The topological polar surface area (TPSA) is 87.4 Å². The molecule has 164 valence electrons. The SMILES string of the molecule is CC.CC1(C)CCN(c2cn3c(-c4cccc(NC5CCNC5)n4)cnc3cn2)C1=O. The number of amides is 1. The van der Waals surface area contributed by atoms with Gasteiger partial charge in [0.25, 0.3) is 0 Å². The lowest BCUT2D eigenvalue weighted by Crippen LogP contribution is -2.31. The Morgan fingerprint density at radius 2 is 2.03 bits per heavy atom. The highest BCUT2D eigenvalue weighted by atomic mass is 16.2. The van der Waals surface area contributed by atoms with Crippen LogP contribution in [-0.2, 0) is 4.79 Å². The number of carbonyl (C=O) groups is 1. The van der Waals surface area contributed by atoms with Crippen molar-refractivity contribution in [2.45, 2.75) is 46.6 Å². The molecular weight excluding hydrogens is 390 g/mol. The second-order valence-corrected chi connectivity index (χ2v) is 8.45. The maximum Gasteiger partial charge on any atom is 0.233 e. The quantitative estimate of drug-likeness (QED) is 0.672. The summed E-state index contributed by atoms with van der Waals surface area (Å²) in [5, 5.41) is 6.85. The minimum atomic E-state index is -0.342. The summed E-state index contributed by atoms with van der Waals surface area (Å²) in [6.45, 7) is 10.6. The zero-order chi connectivity index (χ0) is 22.0. The second kappa shape index (κ2) is 8.63. The van der Waals surface area contributed by atoms with E-state index >= 15 is 0 Å². The van der Waals surface area contributed by atoms with Gasteiger partial charge in [-0.25, -0.2) is 15.0 Å². The van der Waals surface area contributed by atoms with Gasteiger partial charge in [0.05, 0.1) is 30.0 Å². The molecule has 31 heavy (non-hydrogen) atoms. The van der Waals surface area contributed by atoms with Crippen LogP contribution in [0.15, 0.2) is 36.8 Å². The van der Waals surface area contributed by atoms with E-state index in [2.05, 4.69) is 20.6 Å². The number of hydrogen-bond acceptors (Lipinski definition) is 6. The number of anilines is 2. The molecule has 1 unspecified atom stereocenters. The summed E-state index contributed by atoms with van der Waals surface area (Å²) >= 11 is 0. The van der Waals surface area contributed by atoms with Gasteiger partial charge in [0, 0.05) is 24.5 Å². The summed E-state index contributed by atoms with van der Waals surface area (Å²) < 4.78 is 1.96. The Balaban J connectivity index is 0.00000112. The Morgan fingerprint density at radius 3 is 2.74 bits per heavy atom. The number of imidazole rings is 1. The highest BCUT2D eigenvalue weighted by Gasteiger charge is 2.40. The normalized spacial score (nSPS) is 20.1. The molecule has 0 aromatic carbocycles. The lowest BCUT2D eigenvalue weighted by molar-refractivity contribution is -0.124. The highest BCUT2D eigenvalue weighted by molar-refractivity contribution is 5.98. The van der Waals surface area contributed by atoms with E-state index in [1.807, 2.05) is 56.5 Å². The maximum absolute atomic E-state index is 12.7. The van der Waals surface area contributed by atoms with Crippen LogP contribution in [0.3, 0.4) is 0 Å². The molecule has 2 fully saturated rings. The van der Waals surface area contributed by atoms with Crippen molar-refractivity contribution in [2.24, 2.45) is 5.41 Å². The van der Waals surface area contributed by atoms with E-state index in [-0.39, 0.29) is 11.3 Å². The molecule has 3 aromatic heterocycles. The summed E-state index contributed by atoms with van der Waals surface area (Å²) in [6, 6.07) is 6.37. The van der Waals surface area contributed by atoms with Gasteiger partial charge in [-0.2, -0.15) is 0 Å². The third-order valence-electron chi connectivity index (χ3n) is 5.87. The van der Waals surface area contributed by atoms with E-state index in [1.165, 1.54) is 0 Å². The van der Waals surface area contributed by atoms with Crippen LogP contribution in [-0.4, -0.2) is 50.9 Å². The molecule has 0 saturated carbocycles. The molecule has 2 aliphatic rings. The van der Waals surface area contributed by atoms with Crippen molar-refractivity contribution in [1.82, 2.24) is 24.7 Å². The van der Waals surface area contributed by atoms with Crippen molar-refractivity contribution in [2.75, 3.05) is 29.9 Å². The molecule has 1 amide bonds. The average molecular weight is 422 g/mol. The Labute approximate surface area is 183 Å². The fraction of sp³-hybridized carbons (Fsp3) is 0.478. The minimum Gasteiger partial charge on any atom is -0.366 e. The van der Waals surface area contributed by atoms with Crippen molar-refractivity contribution in [3.05, 3.63) is 36.8 Å². The summed E-state index contributed by atoms with van der Waals surface area (Å²) in [4.78, 5) is 28.2. The fourth-order valence-electron chi connectivity index (χ4n) is 4.04. The Kier molecular flexibility index (Phi) is 5.91. The standard InChI is InChI=1S/C21H25N7O.C2H6/c1-21(2)7-9-27(20(21)29)19-13-28-16(11-23-18(28)12-24-19)15-4-3-5-17(26-15)25-14-6-8-22-10-14;1-2/h3-5,11-14,22H,6-10H2,1-2H3,(H,25,26);1-2H3. The van der Waals surface area contributed by atoms with Crippen LogP contribution in [0.4, 0.5) is 11.6 Å². The largest absolute Gasteiger partial charge is 0.366 e.